The largest absolute Gasteiger partial charge is 0.354 e. The number of piperazine rings is 1. The van der Waals surface area contributed by atoms with Gasteiger partial charge in [-0.1, -0.05) is 13.0 Å². The van der Waals surface area contributed by atoms with Crippen molar-refractivity contribution in [1.29, 1.82) is 0 Å². The third kappa shape index (κ3) is 2.60. The number of hydrogen-bond acceptors (Lipinski definition) is 4. The first-order chi connectivity index (χ1) is 9.40. The summed E-state index contributed by atoms with van der Waals surface area (Å²) < 4.78 is 0. The summed E-state index contributed by atoms with van der Waals surface area (Å²) in [5, 5.41) is 3.41. The van der Waals surface area contributed by atoms with E-state index in [-0.39, 0.29) is 0 Å². The number of aromatic nitrogens is 1. The lowest BCUT2D eigenvalue weighted by Gasteiger charge is -2.32. The molecule has 104 valence electrons. The molecule has 1 unspecified atom stereocenters. The summed E-state index contributed by atoms with van der Waals surface area (Å²) >= 11 is 0. The van der Waals surface area contributed by atoms with E-state index in [1.165, 1.54) is 30.8 Å². The standard InChI is InChI=1S/C15H24N4/c1-2-18-10-4-6-14(18)13-5-3-7-17-15(13)19-11-8-16-9-12-19/h3,5,7,14,16H,2,4,6,8-12H2,1H3. The van der Waals surface area contributed by atoms with E-state index in [1.807, 2.05) is 6.20 Å². The van der Waals surface area contributed by atoms with Gasteiger partial charge in [0.15, 0.2) is 0 Å². The molecule has 1 N–H and O–H groups in total. The monoisotopic (exact) mass is 260 g/mol. The molecule has 19 heavy (non-hydrogen) atoms. The second-order valence-corrected chi connectivity index (χ2v) is 5.44. The van der Waals surface area contributed by atoms with Crippen LogP contribution in [-0.2, 0) is 0 Å². The molecular formula is C15H24N4. The van der Waals surface area contributed by atoms with E-state index in [4.69, 9.17) is 0 Å². The molecule has 0 amide bonds. The lowest BCUT2D eigenvalue weighted by Crippen LogP contribution is -2.44. The zero-order chi connectivity index (χ0) is 13.1. The number of anilines is 1. The first kappa shape index (κ1) is 12.9. The van der Waals surface area contributed by atoms with Crippen LogP contribution in [0.1, 0.15) is 31.4 Å². The van der Waals surface area contributed by atoms with Crippen LogP contribution in [0.15, 0.2) is 18.3 Å². The van der Waals surface area contributed by atoms with Crippen molar-refractivity contribution >= 4 is 5.82 Å². The second-order valence-electron chi connectivity index (χ2n) is 5.44. The molecule has 0 aromatic carbocycles. The van der Waals surface area contributed by atoms with E-state index < -0.39 is 0 Å². The zero-order valence-corrected chi connectivity index (χ0v) is 11.8. The Labute approximate surface area is 115 Å². The van der Waals surface area contributed by atoms with E-state index in [1.54, 1.807) is 0 Å². The van der Waals surface area contributed by atoms with Crippen LogP contribution in [0.25, 0.3) is 0 Å². The number of hydrogen-bond donors (Lipinski definition) is 1. The van der Waals surface area contributed by atoms with Crippen LogP contribution >= 0.6 is 0 Å². The van der Waals surface area contributed by atoms with Gasteiger partial charge in [0.2, 0.25) is 0 Å². The Bertz CT molecular complexity index is 414. The van der Waals surface area contributed by atoms with Gasteiger partial charge in [-0.2, -0.15) is 0 Å². The molecule has 0 aliphatic carbocycles. The van der Waals surface area contributed by atoms with Gasteiger partial charge in [-0.05, 0) is 32.0 Å². The van der Waals surface area contributed by atoms with Gasteiger partial charge in [0.1, 0.15) is 5.82 Å². The average molecular weight is 260 g/mol. The first-order valence-electron chi connectivity index (χ1n) is 7.55. The van der Waals surface area contributed by atoms with E-state index >= 15 is 0 Å². The van der Waals surface area contributed by atoms with Crippen LogP contribution < -0.4 is 10.2 Å². The van der Waals surface area contributed by atoms with Gasteiger partial charge >= 0.3 is 0 Å². The van der Waals surface area contributed by atoms with Crippen molar-refractivity contribution in [2.75, 3.05) is 44.2 Å². The fourth-order valence-electron chi connectivity index (χ4n) is 3.37. The van der Waals surface area contributed by atoms with Crippen LogP contribution in [0.3, 0.4) is 0 Å². The Morgan fingerprint density at radius 2 is 2.16 bits per heavy atom. The predicted octanol–water partition coefficient (Wildman–Crippen LogP) is 1.65. The van der Waals surface area contributed by atoms with E-state index in [0.29, 0.717) is 6.04 Å². The molecule has 2 fully saturated rings. The molecule has 0 bridgehead atoms. The van der Waals surface area contributed by atoms with Gasteiger partial charge in [-0.25, -0.2) is 4.98 Å². The summed E-state index contributed by atoms with van der Waals surface area (Å²) in [6.07, 6.45) is 4.53. The SMILES string of the molecule is CCN1CCCC1c1cccnc1N1CCNCC1. The lowest BCUT2D eigenvalue weighted by atomic mass is 10.0. The molecule has 2 aliphatic rings. The molecule has 1 aromatic rings. The van der Waals surface area contributed by atoms with E-state index in [0.717, 1.165) is 32.7 Å². The second kappa shape index (κ2) is 5.88. The van der Waals surface area contributed by atoms with Crippen molar-refractivity contribution in [3.63, 3.8) is 0 Å². The Morgan fingerprint density at radius 3 is 2.95 bits per heavy atom. The number of likely N-dealkylation sites (tertiary alicyclic amines) is 1. The fourth-order valence-corrected chi connectivity index (χ4v) is 3.37. The predicted molar refractivity (Wildman–Crippen MR) is 78.5 cm³/mol. The van der Waals surface area contributed by atoms with Crippen molar-refractivity contribution in [3.05, 3.63) is 23.9 Å². The Balaban J connectivity index is 1.88. The topological polar surface area (TPSA) is 31.4 Å². The van der Waals surface area contributed by atoms with Gasteiger partial charge in [-0.15, -0.1) is 0 Å². The molecule has 1 atom stereocenters. The van der Waals surface area contributed by atoms with Crippen molar-refractivity contribution in [3.8, 4) is 0 Å². The molecule has 2 aliphatic heterocycles. The smallest absolute Gasteiger partial charge is 0.133 e. The van der Waals surface area contributed by atoms with Gasteiger partial charge in [0, 0.05) is 44.0 Å². The molecule has 2 saturated heterocycles. The number of nitrogens with zero attached hydrogens (tertiary/aromatic N) is 3. The van der Waals surface area contributed by atoms with E-state index in [9.17, 15) is 0 Å². The first-order valence-corrected chi connectivity index (χ1v) is 7.55. The fraction of sp³-hybridized carbons (Fsp3) is 0.667. The highest BCUT2D eigenvalue weighted by molar-refractivity contribution is 5.49. The normalized spacial score (nSPS) is 24.9. The third-order valence-electron chi connectivity index (χ3n) is 4.36. The Kier molecular flexibility index (Phi) is 3.99. The maximum absolute atomic E-state index is 4.69. The van der Waals surface area contributed by atoms with Crippen LogP contribution in [0.4, 0.5) is 5.82 Å². The van der Waals surface area contributed by atoms with E-state index in [2.05, 4.69) is 39.2 Å². The van der Waals surface area contributed by atoms with Gasteiger partial charge in [-0.3, -0.25) is 4.90 Å². The summed E-state index contributed by atoms with van der Waals surface area (Å²) in [5.41, 5.74) is 1.43. The molecule has 1 aromatic heterocycles. The van der Waals surface area contributed by atoms with Crippen molar-refractivity contribution in [2.45, 2.75) is 25.8 Å². The van der Waals surface area contributed by atoms with Crippen LogP contribution in [0, 0.1) is 0 Å². The molecule has 4 nitrogen and oxygen atoms in total. The molecule has 0 spiro atoms. The van der Waals surface area contributed by atoms with Crippen molar-refractivity contribution in [2.24, 2.45) is 0 Å². The van der Waals surface area contributed by atoms with Gasteiger partial charge in [0.05, 0.1) is 0 Å². The maximum Gasteiger partial charge on any atom is 0.133 e. The summed E-state index contributed by atoms with van der Waals surface area (Å²) in [6.45, 7) is 8.92. The summed E-state index contributed by atoms with van der Waals surface area (Å²) in [4.78, 5) is 9.72. The Hall–Kier alpha value is -1.13. The number of rotatable bonds is 3. The third-order valence-corrected chi connectivity index (χ3v) is 4.36. The molecule has 0 saturated carbocycles. The molecular weight excluding hydrogens is 236 g/mol. The highest BCUT2D eigenvalue weighted by atomic mass is 15.2. The van der Waals surface area contributed by atoms with Crippen LogP contribution in [0.5, 0.6) is 0 Å². The quantitative estimate of drug-likeness (QED) is 0.895. The minimum absolute atomic E-state index is 0.573. The molecule has 3 rings (SSSR count). The van der Waals surface area contributed by atoms with Crippen molar-refractivity contribution < 1.29 is 0 Å². The number of nitrogens with one attached hydrogen (secondary N) is 1. The minimum Gasteiger partial charge on any atom is -0.354 e. The van der Waals surface area contributed by atoms with Crippen LogP contribution in [0.2, 0.25) is 0 Å². The maximum atomic E-state index is 4.69. The zero-order valence-electron chi connectivity index (χ0n) is 11.8. The van der Waals surface area contributed by atoms with Gasteiger partial charge in [0.25, 0.3) is 0 Å². The Morgan fingerprint density at radius 1 is 1.32 bits per heavy atom. The average Bonchev–Trinajstić information content (AvgIpc) is 2.96. The summed E-state index contributed by atoms with van der Waals surface area (Å²) in [6, 6.07) is 4.94. The molecule has 3 heterocycles. The van der Waals surface area contributed by atoms with Crippen molar-refractivity contribution in [1.82, 2.24) is 15.2 Å². The minimum atomic E-state index is 0.573. The lowest BCUT2D eigenvalue weighted by molar-refractivity contribution is 0.271. The molecule has 4 heteroatoms. The number of pyridine rings is 1. The summed E-state index contributed by atoms with van der Waals surface area (Å²) in [7, 11) is 0. The summed E-state index contributed by atoms with van der Waals surface area (Å²) in [5.74, 6) is 1.22. The van der Waals surface area contributed by atoms with Gasteiger partial charge < -0.3 is 10.2 Å². The highest BCUT2D eigenvalue weighted by Gasteiger charge is 2.28. The van der Waals surface area contributed by atoms with Crippen LogP contribution in [-0.4, -0.2) is 49.2 Å². The highest BCUT2D eigenvalue weighted by Crippen LogP contribution is 2.35. The molecule has 0 radical (unpaired) electrons.